The van der Waals surface area contributed by atoms with Gasteiger partial charge in [-0.15, -0.1) is 0 Å². The Morgan fingerprint density at radius 1 is 1.40 bits per heavy atom. The molecule has 1 atom stereocenters. The molecule has 20 heavy (non-hydrogen) atoms. The Hall–Kier alpha value is -1.81. The molecular formula is C16H21N3O. The van der Waals surface area contributed by atoms with Crippen LogP contribution in [0.15, 0.2) is 36.7 Å². The minimum absolute atomic E-state index is 0.466. The molecule has 0 bridgehead atoms. The van der Waals surface area contributed by atoms with E-state index in [4.69, 9.17) is 4.74 Å². The predicted octanol–water partition coefficient (Wildman–Crippen LogP) is 2.56. The molecule has 0 spiro atoms. The largest absolute Gasteiger partial charge is 0.491 e. The quantitative estimate of drug-likeness (QED) is 0.908. The van der Waals surface area contributed by atoms with Gasteiger partial charge in [0.05, 0.1) is 6.54 Å². The van der Waals surface area contributed by atoms with Crippen molar-refractivity contribution in [2.75, 3.05) is 13.7 Å². The van der Waals surface area contributed by atoms with Gasteiger partial charge in [0.15, 0.2) is 0 Å². The summed E-state index contributed by atoms with van der Waals surface area (Å²) in [7, 11) is 2.03. The fourth-order valence-electron chi connectivity index (χ4n) is 2.93. The highest BCUT2D eigenvalue weighted by atomic mass is 16.5. The average Bonchev–Trinajstić information content (AvgIpc) is 3.00. The Labute approximate surface area is 119 Å². The van der Waals surface area contributed by atoms with Gasteiger partial charge in [0, 0.05) is 18.4 Å². The average molecular weight is 271 g/mol. The number of hydrogen-bond acceptors (Lipinski definition) is 3. The molecule has 0 amide bonds. The Balaban J connectivity index is 1.70. The molecule has 0 fully saturated rings. The molecule has 0 saturated carbocycles. The van der Waals surface area contributed by atoms with E-state index in [1.165, 1.54) is 24.0 Å². The molecule has 1 unspecified atom stereocenters. The van der Waals surface area contributed by atoms with E-state index in [9.17, 15) is 0 Å². The summed E-state index contributed by atoms with van der Waals surface area (Å²) >= 11 is 0. The van der Waals surface area contributed by atoms with E-state index in [0.29, 0.717) is 12.6 Å². The van der Waals surface area contributed by atoms with E-state index in [1.54, 1.807) is 6.20 Å². The first-order chi connectivity index (χ1) is 9.88. The Morgan fingerprint density at radius 3 is 3.15 bits per heavy atom. The number of rotatable bonds is 5. The fraction of sp³-hybridized carbons (Fsp3) is 0.438. The molecule has 0 aliphatic heterocycles. The van der Waals surface area contributed by atoms with Crippen molar-refractivity contribution < 1.29 is 4.74 Å². The third-order valence-corrected chi connectivity index (χ3v) is 3.95. The van der Waals surface area contributed by atoms with Crippen LogP contribution in [-0.4, -0.2) is 23.4 Å². The predicted molar refractivity (Wildman–Crippen MR) is 78.9 cm³/mol. The molecule has 0 saturated heterocycles. The molecule has 1 aromatic heterocycles. The normalized spacial score (nSPS) is 17.8. The van der Waals surface area contributed by atoms with Crippen LogP contribution in [0.3, 0.4) is 0 Å². The third-order valence-electron chi connectivity index (χ3n) is 3.95. The van der Waals surface area contributed by atoms with E-state index in [-0.39, 0.29) is 0 Å². The lowest BCUT2D eigenvalue weighted by Crippen LogP contribution is -2.22. The van der Waals surface area contributed by atoms with Crippen molar-refractivity contribution in [2.24, 2.45) is 0 Å². The van der Waals surface area contributed by atoms with Gasteiger partial charge in [-0.1, -0.05) is 12.1 Å². The second-order valence-corrected chi connectivity index (χ2v) is 5.18. The van der Waals surface area contributed by atoms with Crippen molar-refractivity contribution in [1.82, 2.24) is 15.1 Å². The summed E-state index contributed by atoms with van der Waals surface area (Å²) in [6.45, 7) is 1.44. The smallest absolute Gasteiger partial charge is 0.122 e. The van der Waals surface area contributed by atoms with Crippen molar-refractivity contribution >= 4 is 0 Å². The fourth-order valence-corrected chi connectivity index (χ4v) is 2.93. The van der Waals surface area contributed by atoms with Crippen LogP contribution in [0.25, 0.3) is 0 Å². The maximum absolute atomic E-state index is 5.98. The zero-order chi connectivity index (χ0) is 13.8. The summed E-state index contributed by atoms with van der Waals surface area (Å²) in [6.07, 6.45) is 7.30. The van der Waals surface area contributed by atoms with E-state index >= 15 is 0 Å². The van der Waals surface area contributed by atoms with E-state index in [2.05, 4.69) is 28.6 Å². The minimum atomic E-state index is 0.466. The molecule has 1 aromatic carbocycles. The van der Waals surface area contributed by atoms with Crippen molar-refractivity contribution in [1.29, 1.82) is 0 Å². The van der Waals surface area contributed by atoms with Gasteiger partial charge < -0.3 is 10.1 Å². The molecule has 2 aromatic rings. The number of hydrogen-bond donors (Lipinski definition) is 1. The molecule has 4 heteroatoms. The molecular weight excluding hydrogens is 250 g/mol. The summed E-state index contributed by atoms with van der Waals surface area (Å²) in [5, 5.41) is 7.58. The number of aromatic nitrogens is 2. The first kappa shape index (κ1) is 13.2. The number of ether oxygens (including phenoxy) is 1. The van der Waals surface area contributed by atoms with Gasteiger partial charge >= 0.3 is 0 Å². The molecule has 4 nitrogen and oxygen atoms in total. The third kappa shape index (κ3) is 2.70. The second-order valence-electron chi connectivity index (χ2n) is 5.18. The van der Waals surface area contributed by atoms with Crippen molar-refractivity contribution in [3.63, 3.8) is 0 Å². The van der Waals surface area contributed by atoms with Gasteiger partial charge in [-0.25, -0.2) is 0 Å². The molecule has 106 valence electrons. The van der Waals surface area contributed by atoms with Crippen molar-refractivity contribution in [3.8, 4) is 5.75 Å². The molecule has 0 radical (unpaired) electrons. The topological polar surface area (TPSA) is 39.1 Å². The standard InChI is InChI=1S/C16H21N3O/c1-17-15-7-2-6-14-13(15)5-3-8-16(14)20-12-11-19-10-4-9-18-19/h3-5,8-10,15,17H,2,6-7,11-12H2,1H3. The zero-order valence-electron chi connectivity index (χ0n) is 11.9. The monoisotopic (exact) mass is 271 g/mol. The number of nitrogens with one attached hydrogen (secondary N) is 1. The lowest BCUT2D eigenvalue weighted by Gasteiger charge is -2.26. The van der Waals surface area contributed by atoms with Crippen molar-refractivity contribution in [3.05, 3.63) is 47.8 Å². The molecule has 1 heterocycles. The van der Waals surface area contributed by atoms with Gasteiger partial charge in [-0.3, -0.25) is 4.68 Å². The summed E-state index contributed by atoms with van der Waals surface area (Å²) in [5.41, 5.74) is 2.77. The summed E-state index contributed by atoms with van der Waals surface area (Å²) in [6, 6.07) is 8.80. The molecule has 1 aliphatic carbocycles. The Kier molecular flexibility index (Phi) is 4.02. The molecule has 3 rings (SSSR count). The molecule has 1 N–H and O–H groups in total. The van der Waals surface area contributed by atoms with Crippen LogP contribution in [0.5, 0.6) is 5.75 Å². The van der Waals surface area contributed by atoms with Gasteiger partial charge in [0.2, 0.25) is 0 Å². The first-order valence-corrected chi connectivity index (χ1v) is 7.28. The highest BCUT2D eigenvalue weighted by molar-refractivity contribution is 5.43. The lowest BCUT2D eigenvalue weighted by molar-refractivity contribution is 0.286. The van der Waals surface area contributed by atoms with Gasteiger partial charge in [0.1, 0.15) is 12.4 Å². The Morgan fingerprint density at radius 2 is 2.35 bits per heavy atom. The highest BCUT2D eigenvalue weighted by Gasteiger charge is 2.21. The van der Waals surface area contributed by atoms with Crippen LogP contribution < -0.4 is 10.1 Å². The number of benzene rings is 1. The van der Waals surface area contributed by atoms with Gasteiger partial charge in [-0.2, -0.15) is 5.10 Å². The van der Waals surface area contributed by atoms with E-state index < -0.39 is 0 Å². The second kappa shape index (κ2) is 6.09. The number of nitrogens with zero attached hydrogens (tertiary/aromatic N) is 2. The van der Waals surface area contributed by atoms with E-state index in [1.807, 2.05) is 24.0 Å². The maximum atomic E-state index is 5.98. The zero-order valence-corrected chi connectivity index (χ0v) is 11.9. The van der Waals surface area contributed by atoms with Crippen LogP contribution in [0.2, 0.25) is 0 Å². The van der Waals surface area contributed by atoms with Crippen LogP contribution in [0.4, 0.5) is 0 Å². The first-order valence-electron chi connectivity index (χ1n) is 7.28. The highest BCUT2D eigenvalue weighted by Crippen LogP contribution is 2.35. The van der Waals surface area contributed by atoms with Crippen LogP contribution in [0, 0.1) is 0 Å². The van der Waals surface area contributed by atoms with E-state index in [0.717, 1.165) is 18.7 Å². The lowest BCUT2D eigenvalue weighted by atomic mass is 9.87. The van der Waals surface area contributed by atoms with Crippen LogP contribution >= 0.6 is 0 Å². The number of fused-ring (bicyclic) bond motifs is 1. The summed E-state index contributed by atoms with van der Waals surface area (Å²) in [5.74, 6) is 1.04. The van der Waals surface area contributed by atoms with Crippen LogP contribution in [0.1, 0.15) is 30.0 Å². The van der Waals surface area contributed by atoms with Gasteiger partial charge in [0.25, 0.3) is 0 Å². The minimum Gasteiger partial charge on any atom is -0.491 e. The summed E-state index contributed by atoms with van der Waals surface area (Å²) in [4.78, 5) is 0. The molecule has 1 aliphatic rings. The Bertz CT molecular complexity index is 551. The summed E-state index contributed by atoms with van der Waals surface area (Å²) < 4.78 is 7.88. The van der Waals surface area contributed by atoms with Gasteiger partial charge in [-0.05, 0) is 49.6 Å². The van der Waals surface area contributed by atoms with Crippen molar-refractivity contribution in [2.45, 2.75) is 31.8 Å². The van der Waals surface area contributed by atoms with Crippen LogP contribution in [-0.2, 0) is 13.0 Å². The SMILES string of the molecule is CNC1CCCc2c(OCCn3cccn3)cccc21. The maximum Gasteiger partial charge on any atom is 0.122 e.